The van der Waals surface area contributed by atoms with Gasteiger partial charge in [0, 0.05) is 23.6 Å². The molecular weight excluding hydrogens is 540 g/mol. The Morgan fingerprint density at radius 3 is 2.68 bits per heavy atom. The lowest BCUT2D eigenvalue weighted by Crippen LogP contribution is -2.57. The highest BCUT2D eigenvalue weighted by molar-refractivity contribution is 9.09. The maximum atomic E-state index is 14.4. The average Bonchev–Trinajstić information content (AvgIpc) is 3.49. The number of benzene rings is 2. The third-order valence-corrected chi connectivity index (χ3v) is 8.45. The Balaban J connectivity index is 1.57. The summed E-state index contributed by atoms with van der Waals surface area (Å²) < 4.78 is 11.8. The fraction of sp³-hybridized carbons (Fsp3) is 0.393. The first-order valence-electron chi connectivity index (χ1n) is 12.3. The molecule has 3 heterocycles. The number of rotatable bonds is 9. The van der Waals surface area contributed by atoms with Crippen LogP contribution in [0.2, 0.25) is 0 Å². The fourth-order valence-corrected chi connectivity index (χ4v) is 7.15. The maximum absolute atomic E-state index is 14.4. The van der Waals surface area contributed by atoms with Crippen molar-refractivity contribution in [2.24, 2.45) is 11.8 Å². The van der Waals surface area contributed by atoms with Crippen LogP contribution in [0.25, 0.3) is 10.8 Å². The van der Waals surface area contributed by atoms with Crippen LogP contribution in [0.15, 0.2) is 67.8 Å². The van der Waals surface area contributed by atoms with Crippen LogP contribution in [-0.4, -0.2) is 76.7 Å². The van der Waals surface area contributed by atoms with Gasteiger partial charge in [-0.3, -0.25) is 14.4 Å². The molecule has 1 N–H and O–H groups in total. The van der Waals surface area contributed by atoms with Gasteiger partial charge in [-0.15, -0.1) is 6.58 Å². The van der Waals surface area contributed by atoms with Gasteiger partial charge >= 0.3 is 5.97 Å². The first-order valence-corrected chi connectivity index (χ1v) is 13.2. The second-order valence-corrected chi connectivity index (χ2v) is 10.8. The number of halogens is 1. The number of ether oxygens (including phenoxy) is 2. The standard InChI is InChI=1S/C28H29BrN2O6/c1-3-11-30(19-10-9-17-7-5-6-8-18(17)15-19)26(34)24-28-16-20(29)23(37-28)21(27(35)36-14-4-2)22(28)25(33)31(24)12-13-32/h3-10,15,20-24,32H,1-2,11-14,16H2/t20?,21-,22+,23-,24?,28?/m1/s1. The van der Waals surface area contributed by atoms with Crippen molar-refractivity contribution in [2.75, 3.05) is 31.2 Å². The van der Waals surface area contributed by atoms with Crippen molar-refractivity contribution < 1.29 is 29.0 Å². The number of alkyl halides is 1. The molecule has 0 aliphatic carbocycles. The SMILES string of the molecule is C=CCOC(=O)[C@H]1[C@@H]2OC3(CC2Br)C(C(=O)N(CC=C)c2ccc4ccccc4c2)N(CCO)C(=O)[C@H]13. The van der Waals surface area contributed by atoms with E-state index in [1.165, 1.54) is 11.0 Å². The van der Waals surface area contributed by atoms with Crippen LogP contribution in [0.5, 0.6) is 0 Å². The van der Waals surface area contributed by atoms with Crippen molar-refractivity contribution in [1.29, 1.82) is 0 Å². The number of aliphatic hydroxyl groups is 1. The topological polar surface area (TPSA) is 96.4 Å². The average molecular weight is 569 g/mol. The number of aliphatic hydroxyl groups excluding tert-OH is 1. The molecule has 3 aliphatic heterocycles. The molecule has 9 heteroatoms. The Kier molecular flexibility index (Phi) is 6.95. The van der Waals surface area contributed by atoms with Gasteiger partial charge in [-0.2, -0.15) is 0 Å². The monoisotopic (exact) mass is 568 g/mol. The molecule has 3 aliphatic rings. The van der Waals surface area contributed by atoms with Crippen molar-refractivity contribution in [1.82, 2.24) is 4.90 Å². The predicted octanol–water partition coefficient (Wildman–Crippen LogP) is 2.83. The number of carbonyl (C=O) groups excluding carboxylic acids is 3. The number of likely N-dealkylation sites (tertiary alicyclic amines) is 1. The predicted molar refractivity (Wildman–Crippen MR) is 142 cm³/mol. The summed E-state index contributed by atoms with van der Waals surface area (Å²) in [5.41, 5.74) is -0.569. The van der Waals surface area contributed by atoms with Crippen LogP contribution < -0.4 is 4.90 Å². The molecule has 6 atom stereocenters. The highest BCUT2D eigenvalue weighted by Crippen LogP contribution is 2.60. The smallest absolute Gasteiger partial charge is 0.312 e. The molecule has 2 amide bonds. The van der Waals surface area contributed by atoms with Gasteiger partial charge in [0.15, 0.2) is 0 Å². The summed E-state index contributed by atoms with van der Waals surface area (Å²) >= 11 is 3.63. The molecule has 0 saturated carbocycles. The summed E-state index contributed by atoms with van der Waals surface area (Å²) in [6.45, 7) is 7.25. The summed E-state index contributed by atoms with van der Waals surface area (Å²) in [4.78, 5) is 43.9. The summed E-state index contributed by atoms with van der Waals surface area (Å²) in [6, 6.07) is 12.6. The Morgan fingerprint density at radius 2 is 1.97 bits per heavy atom. The van der Waals surface area contributed by atoms with Crippen molar-refractivity contribution >= 4 is 50.2 Å². The number of amides is 2. The first-order chi connectivity index (χ1) is 17.9. The third-order valence-electron chi connectivity index (χ3n) is 7.60. The Hall–Kier alpha value is -3.01. The molecular formula is C28H29BrN2O6. The summed E-state index contributed by atoms with van der Waals surface area (Å²) in [5, 5.41) is 11.8. The lowest BCUT2D eigenvalue weighted by atomic mass is 9.70. The van der Waals surface area contributed by atoms with E-state index in [1.807, 2.05) is 42.5 Å². The number of carbonyl (C=O) groups is 3. The van der Waals surface area contributed by atoms with Gasteiger partial charge in [0.2, 0.25) is 5.91 Å². The van der Waals surface area contributed by atoms with Crippen molar-refractivity contribution in [2.45, 2.75) is 29.0 Å². The molecule has 2 bridgehead atoms. The van der Waals surface area contributed by atoms with Gasteiger partial charge in [0.05, 0.1) is 24.5 Å². The number of esters is 1. The van der Waals surface area contributed by atoms with E-state index in [-0.39, 0.29) is 42.9 Å². The summed E-state index contributed by atoms with van der Waals surface area (Å²) in [5.74, 6) is -3.03. The van der Waals surface area contributed by atoms with E-state index < -0.39 is 35.6 Å². The largest absolute Gasteiger partial charge is 0.461 e. The fourth-order valence-electron chi connectivity index (χ4n) is 6.21. The third kappa shape index (κ3) is 4.00. The minimum absolute atomic E-state index is 0.0146. The summed E-state index contributed by atoms with van der Waals surface area (Å²) in [7, 11) is 0. The van der Waals surface area contributed by atoms with Gasteiger partial charge < -0.3 is 24.4 Å². The number of fused-ring (bicyclic) bond motifs is 2. The molecule has 8 nitrogen and oxygen atoms in total. The first kappa shape index (κ1) is 25.6. The number of hydrogen-bond acceptors (Lipinski definition) is 6. The van der Waals surface area contributed by atoms with Crippen LogP contribution in [-0.2, 0) is 23.9 Å². The molecule has 194 valence electrons. The number of anilines is 1. The lowest BCUT2D eigenvalue weighted by molar-refractivity contribution is -0.153. The molecule has 2 aromatic rings. The van der Waals surface area contributed by atoms with Crippen LogP contribution >= 0.6 is 15.9 Å². The summed E-state index contributed by atoms with van der Waals surface area (Å²) in [6.07, 6.45) is 2.86. The molecule has 3 saturated heterocycles. The molecule has 0 radical (unpaired) electrons. The Labute approximate surface area is 223 Å². The van der Waals surface area contributed by atoms with Gasteiger partial charge in [0.1, 0.15) is 18.2 Å². The van der Waals surface area contributed by atoms with E-state index in [2.05, 4.69) is 29.1 Å². The molecule has 1 spiro atoms. The lowest BCUT2D eigenvalue weighted by Gasteiger charge is -2.37. The van der Waals surface area contributed by atoms with Crippen molar-refractivity contribution in [3.8, 4) is 0 Å². The minimum Gasteiger partial charge on any atom is -0.461 e. The van der Waals surface area contributed by atoms with E-state index in [0.29, 0.717) is 12.1 Å². The zero-order valence-electron chi connectivity index (χ0n) is 20.3. The second kappa shape index (κ2) is 10.0. The molecule has 5 rings (SSSR count). The Bertz CT molecular complexity index is 1270. The molecule has 2 aromatic carbocycles. The van der Waals surface area contributed by atoms with Crippen LogP contribution in [0.3, 0.4) is 0 Å². The van der Waals surface area contributed by atoms with E-state index >= 15 is 0 Å². The molecule has 0 aromatic heterocycles. The minimum atomic E-state index is -1.23. The second-order valence-electron chi connectivity index (χ2n) is 9.61. The van der Waals surface area contributed by atoms with E-state index in [0.717, 1.165) is 10.8 Å². The van der Waals surface area contributed by atoms with Crippen molar-refractivity contribution in [3.05, 3.63) is 67.8 Å². The van der Waals surface area contributed by atoms with Crippen LogP contribution in [0, 0.1) is 11.8 Å². The van der Waals surface area contributed by atoms with E-state index in [4.69, 9.17) is 9.47 Å². The highest BCUT2D eigenvalue weighted by atomic mass is 79.9. The van der Waals surface area contributed by atoms with Crippen LogP contribution in [0.4, 0.5) is 5.69 Å². The maximum Gasteiger partial charge on any atom is 0.312 e. The quantitative estimate of drug-likeness (QED) is 0.284. The van der Waals surface area contributed by atoms with Gasteiger partial charge in [-0.05, 0) is 29.3 Å². The van der Waals surface area contributed by atoms with Crippen LogP contribution in [0.1, 0.15) is 6.42 Å². The number of β-amino-alcohol motifs (C(OH)–C–C–N with tert-alkyl or cyclic N) is 1. The number of hydrogen-bond donors (Lipinski definition) is 1. The Morgan fingerprint density at radius 1 is 1.22 bits per heavy atom. The zero-order valence-corrected chi connectivity index (χ0v) is 21.9. The molecule has 3 fully saturated rings. The van der Waals surface area contributed by atoms with E-state index in [1.54, 1.807) is 11.0 Å². The normalized spacial score (nSPS) is 29.8. The molecule has 3 unspecified atom stereocenters. The number of nitrogens with zero attached hydrogens (tertiary/aromatic N) is 2. The van der Waals surface area contributed by atoms with Gasteiger partial charge in [0.25, 0.3) is 5.91 Å². The highest BCUT2D eigenvalue weighted by Gasteiger charge is 2.77. The van der Waals surface area contributed by atoms with Gasteiger partial charge in [-0.25, -0.2) is 0 Å². The van der Waals surface area contributed by atoms with E-state index in [9.17, 15) is 19.5 Å². The molecule has 37 heavy (non-hydrogen) atoms. The van der Waals surface area contributed by atoms with Crippen molar-refractivity contribution in [3.63, 3.8) is 0 Å². The zero-order chi connectivity index (χ0) is 26.3. The van der Waals surface area contributed by atoms with Gasteiger partial charge in [-0.1, -0.05) is 65.0 Å².